The molecule has 0 aromatic heterocycles. The van der Waals surface area contributed by atoms with Gasteiger partial charge in [0.1, 0.15) is 11.6 Å². The van der Waals surface area contributed by atoms with E-state index in [-0.39, 0.29) is 11.8 Å². The first-order chi connectivity index (χ1) is 6.65. The van der Waals surface area contributed by atoms with E-state index in [4.69, 9.17) is 6.42 Å². The third kappa shape index (κ3) is 2.48. The van der Waals surface area contributed by atoms with Gasteiger partial charge in [-0.15, -0.1) is 6.42 Å². The molecule has 0 saturated heterocycles. The van der Waals surface area contributed by atoms with E-state index in [9.17, 15) is 9.50 Å². The van der Waals surface area contributed by atoms with Crippen molar-refractivity contribution in [2.24, 2.45) is 0 Å². The van der Waals surface area contributed by atoms with Crippen molar-refractivity contribution in [2.45, 2.75) is 13.0 Å². The molecule has 0 amide bonds. The predicted molar refractivity (Wildman–Crippen MR) is 53.3 cm³/mol. The number of aromatic hydroxyl groups is 1. The highest BCUT2D eigenvalue weighted by molar-refractivity contribution is 5.34. The van der Waals surface area contributed by atoms with E-state index in [0.717, 1.165) is 6.07 Å². The van der Waals surface area contributed by atoms with Gasteiger partial charge in [-0.05, 0) is 13.0 Å². The number of phenolic OH excluding ortho intramolecular Hbond substituents is 1. The summed E-state index contributed by atoms with van der Waals surface area (Å²) >= 11 is 0. The van der Waals surface area contributed by atoms with Crippen LogP contribution in [-0.4, -0.2) is 11.7 Å². The van der Waals surface area contributed by atoms with E-state index in [1.165, 1.54) is 6.07 Å². The Balaban J connectivity index is 2.80. The summed E-state index contributed by atoms with van der Waals surface area (Å²) in [5.41, 5.74) is 0.640. The lowest BCUT2D eigenvalue weighted by Gasteiger charge is -2.13. The van der Waals surface area contributed by atoms with Gasteiger partial charge in [0.15, 0.2) is 0 Å². The lowest BCUT2D eigenvalue weighted by molar-refractivity contribution is 0.450. The molecule has 0 radical (unpaired) electrons. The van der Waals surface area contributed by atoms with Gasteiger partial charge in [0.05, 0.1) is 6.54 Å². The van der Waals surface area contributed by atoms with Gasteiger partial charge in [0, 0.05) is 17.7 Å². The average molecular weight is 193 g/mol. The summed E-state index contributed by atoms with van der Waals surface area (Å²) < 4.78 is 12.7. The van der Waals surface area contributed by atoms with Crippen LogP contribution >= 0.6 is 0 Å². The molecule has 74 valence electrons. The second kappa shape index (κ2) is 4.64. The molecule has 1 aromatic rings. The minimum Gasteiger partial charge on any atom is -0.508 e. The predicted octanol–water partition coefficient (Wildman–Crippen LogP) is 1.82. The second-order valence-corrected chi connectivity index (χ2v) is 3.01. The molecule has 3 heteroatoms. The minimum absolute atomic E-state index is 0.0537. The summed E-state index contributed by atoms with van der Waals surface area (Å²) in [5, 5.41) is 12.4. The highest BCUT2D eigenvalue weighted by Crippen LogP contribution is 2.24. The summed E-state index contributed by atoms with van der Waals surface area (Å²) in [6, 6.07) is 3.84. The number of hydrogen-bond acceptors (Lipinski definition) is 2. The van der Waals surface area contributed by atoms with E-state index < -0.39 is 5.82 Å². The lowest BCUT2D eigenvalue weighted by atomic mass is 10.1. The van der Waals surface area contributed by atoms with Crippen molar-refractivity contribution in [2.75, 3.05) is 6.54 Å². The number of benzene rings is 1. The molecule has 1 rings (SSSR count). The fourth-order valence-corrected chi connectivity index (χ4v) is 1.20. The number of rotatable bonds is 3. The van der Waals surface area contributed by atoms with Crippen LogP contribution in [0.5, 0.6) is 5.75 Å². The Morgan fingerprint density at radius 2 is 2.36 bits per heavy atom. The van der Waals surface area contributed by atoms with E-state index in [2.05, 4.69) is 11.2 Å². The monoisotopic (exact) mass is 193 g/mol. The first kappa shape index (κ1) is 10.6. The van der Waals surface area contributed by atoms with Gasteiger partial charge in [-0.25, -0.2) is 4.39 Å². The van der Waals surface area contributed by atoms with Crippen LogP contribution in [0.25, 0.3) is 0 Å². The molecule has 0 bridgehead atoms. The molecule has 1 atom stereocenters. The van der Waals surface area contributed by atoms with Gasteiger partial charge < -0.3 is 5.11 Å². The normalized spacial score (nSPS) is 12.1. The highest BCUT2D eigenvalue weighted by atomic mass is 19.1. The third-order valence-corrected chi connectivity index (χ3v) is 1.97. The van der Waals surface area contributed by atoms with Crippen LogP contribution in [0.1, 0.15) is 18.5 Å². The Labute approximate surface area is 82.8 Å². The number of hydrogen-bond donors (Lipinski definition) is 2. The Bertz CT molecular complexity index is 357. The molecule has 0 aliphatic carbocycles. The lowest BCUT2D eigenvalue weighted by Crippen LogP contribution is -2.18. The van der Waals surface area contributed by atoms with Crippen LogP contribution in [0.3, 0.4) is 0 Å². The van der Waals surface area contributed by atoms with Gasteiger partial charge in [0.2, 0.25) is 0 Å². The first-order valence-corrected chi connectivity index (χ1v) is 4.30. The van der Waals surface area contributed by atoms with E-state index in [1.54, 1.807) is 6.07 Å². The molecular formula is C11H12FNO. The average Bonchev–Trinajstić information content (AvgIpc) is 2.14. The van der Waals surface area contributed by atoms with Gasteiger partial charge in [-0.3, -0.25) is 5.32 Å². The van der Waals surface area contributed by atoms with Crippen molar-refractivity contribution in [3.63, 3.8) is 0 Å². The van der Waals surface area contributed by atoms with Crippen molar-refractivity contribution in [1.82, 2.24) is 5.32 Å². The number of phenols is 1. The zero-order valence-corrected chi connectivity index (χ0v) is 7.92. The van der Waals surface area contributed by atoms with E-state index in [1.807, 2.05) is 6.92 Å². The molecule has 2 N–H and O–H groups in total. The number of halogens is 1. The Hall–Kier alpha value is -1.53. The van der Waals surface area contributed by atoms with Crippen molar-refractivity contribution in [3.05, 3.63) is 29.6 Å². The molecule has 0 aliphatic heterocycles. The second-order valence-electron chi connectivity index (χ2n) is 3.01. The molecular weight excluding hydrogens is 181 g/mol. The van der Waals surface area contributed by atoms with Crippen LogP contribution in [0.2, 0.25) is 0 Å². The summed E-state index contributed by atoms with van der Waals surface area (Å²) in [4.78, 5) is 0. The Kier molecular flexibility index (Phi) is 3.49. The molecule has 0 heterocycles. The van der Waals surface area contributed by atoms with Crippen LogP contribution in [0.15, 0.2) is 18.2 Å². The molecule has 1 unspecified atom stereocenters. The maximum atomic E-state index is 12.7. The van der Waals surface area contributed by atoms with Crippen LogP contribution in [0.4, 0.5) is 4.39 Å². The zero-order valence-electron chi connectivity index (χ0n) is 7.92. The van der Waals surface area contributed by atoms with Crippen molar-refractivity contribution in [1.29, 1.82) is 0 Å². The summed E-state index contributed by atoms with van der Waals surface area (Å²) in [5.74, 6) is 1.93. The van der Waals surface area contributed by atoms with Crippen LogP contribution < -0.4 is 5.32 Å². The van der Waals surface area contributed by atoms with Crippen molar-refractivity contribution in [3.8, 4) is 18.1 Å². The largest absolute Gasteiger partial charge is 0.508 e. The van der Waals surface area contributed by atoms with Crippen LogP contribution in [0, 0.1) is 18.2 Å². The van der Waals surface area contributed by atoms with E-state index >= 15 is 0 Å². The van der Waals surface area contributed by atoms with Gasteiger partial charge in [0.25, 0.3) is 0 Å². The molecule has 2 nitrogen and oxygen atoms in total. The quantitative estimate of drug-likeness (QED) is 0.717. The molecule has 0 aliphatic rings. The van der Waals surface area contributed by atoms with Crippen molar-refractivity contribution < 1.29 is 9.50 Å². The third-order valence-electron chi connectivity index (χ3n) is 1.97. The number of terminal acetylenes is 1. The Morgan fingerprint density at radius 3 is 2.93 bits per heavy atom. The first-order valence-electron chi connectivity index (χ1n) is 4.30. The summed E-state index contributed by atoms with van der Waals surface area (Å²) in [6.07, 6.45) is 5.08. The Morgan fingerprint density at radius 1 is 1.64 bits per heavy atom. The highest BCUT2D eigenvalue weighted by Gasteiger charge is 2.09. The topological polar surface area (TPSA) is 32.3 Å². The van der Waals surface area contributed by atoms with Crippen molar-refractivity contribution >= 4 is 0 Å². The zero-order chi connectivity index (χ0) is 10.6. The minimum atomic E-state index is -0.449. The van der Waals surface area contributed by atoms with Gasteiger partial charge in [-0.2, -0.15) is 0 Å². The fraction of sp³-hybridized carbons (Fsp3) is 0.273. The molecule has 0 fully saturated rings. The number of nitrogens with one attached hydrogen (secondary N) is 1. The maximum Gasteiger partial charge on any atom is 0.126 e. The SMILES string of the molecule is C#CCNC(C)c1ccc(F)cc1O. The maximum absolute atomic E-state index is 12.7. The molecule has 1 aromatic carbocycles. The molecule has 0 spiro atoms. The van der Waals surface area contributed by atoms with Gasteiger partial charge in [-0.1, -0.05) is 12.0 Å². The summed E-state index contributed by atoms with van der Waals surface area (Å²) in [7, 11) is 0. The van der Waals surface area contributed by atoms with E-state index in [0.29, 0.717) is 12.1 Å². The van der Waals surface area contributed by atoms with Crippen LogP contribution in [-0.2, 0) is 0 Å². The molecule has 0 saturated carbocycles. The fourth-order valence-electron chi connectivity index (χ4n) is 1.20. The van der Waals surface area contributed by atoms with Gasteiger partial charge >= 0.3 is 0 Å². The molecule has 14 heavy (non-hydrogen) atoms. The standard InChI is InChI=1S/C11H12FNO/c1-3-6-13-8(2)10-5-4-9(12)7-11(10)14/h1,4-5,7-8,13-14H,6H2,2H3. The summed E-state index contributed by atoms with van der Waals surface area (Å²) in [6.45, 7) is 2.27. The smallest absolute Gasteiger partial charge is 0.126 e.